The molecule has 6 nitrogen and oxygen atoms in total. The highest BCUT2D eigenvalue weighted by Gasteiger charge is 2.39. The summed E-state index contributed by atoms with van der Waals surface area (Å²) in [5.74, 6) is 1.21. The number of carbonyl (C=O) groups is 2. The fourth-order valence-electron chi connectivity index (χ4n) is 4.61. The van der Waals surface area contributed by atoms with E-state index in [-0.39, 0.29) is 11.8 Å². The van der Waals surface area contributed by atoms with Gasteiger partial charge in [0.25, 0.3) is 5.91 Å². The Balaban J connectivity index is 1.47. The van der Waals surface area contributed by atoms with Gasteiger partial charge in [-0.05, 0) is 36.1 Å². The van der Waals surface area contributed by atoms with Gasteiger partial charge in [-0.15, -0.1) is 0 Å². The number of para-hydroxylation sites is 2. The molecule has 2 amide bonds. The molecule has 1 saturated heterocycles. The standard InChI is InChI=1S/C25H31N3O3/c1-18(2)16-22(28-17-19-8-4-5-9-20(19)24(28)29)25(30)27-14-12-26(13-15-27)21-10-6-7-11-23(21)31-3/h4-11,18,22H,12-17H2,1-3H3. The summed E-state index contributed by atoms with van der Waals surface area (Å²) in [5.41, 5.74) is 2.79. The van der Waals surface area contributed by atoms with E-state index in [2.05, 4.69) is 24.8 Å². The first-order valence-electron chi connectivity index (χ1n) is 11.0. The zero-order chi connectivity index (χ0) is 22.0. The van der Waals surface area contributed by atoms with Gasteiger partial charge in [-0.25, -0.2) is 0 Å². The molecule has 0 spiro atoms. The van der Waals surface area contributed by atoms with E-state index in [0.717, 1.165) is 35.7 Å². The maximum Gasteiger partial charge on any atom is 0.255 e. The van der Waals surface area contributed by atoms with Crippen molar-refractivity contribution in [1.29, 1.82) is 0 Å². The number of fused-ring (bicyclic) bond motifs is 1. The summed E-state index contributed by atoms with van der Waals surface area (Å²) in [6.07, 6.45) is 0.672. The summed E-state index contributed by atoms with van der Waals surface area (Å²) in [5, 5.41) is 0. The zero-order valence-corrected chi connectivity index (χ0v) is 18.6. The van der Waals surface area contributed by atoms with Crippen molar-refractivity contribution in [3.8, 4) is 5.75 Å². The molecule has 31 heavy (non-hydrogen) atoms. The lowest BCUT2D eigenvalue weighted by atomic mass is 10.0. The van der Waals surface area contributed by atoms with E-state index >= 15 is 0 Å². The highest BCUT2D eigenvalue weighted by Crippen LogP contribution is 2.30. The number of piperazine rings is 1. The Labute approximate surface area is 184 Å². The van der Waals surface area contributed by atoms with E-state index in [4.69, 9.17) is 4.74 Å². The maximum atomic E-state index is 13.6. The Bertz CT molecular complexity index is 951. The third-order valence-corrected chi connectivity index (χ3v) is 6.22. The lowest BCUT2D eigenvalue weighted by Crippen LogP contribution is -2.55. The van der Waals surface area contributed by atoms with Gasteiger partial charge >= 0.3 is 0 Å². The van der Waals surface area contributed by atoms with E-state index in [0.29, 0.717) is 32.0 Å². The molecule has 0 N–H and O–H groups in total. The number of hydrogen-bond donors (Lipinski definition) is 0. The quantitative estimate of drug-likeness (QED) is 0.717. The fraction of sp³-hybridized carbons (Fsp3) is 0.440. The second kappa shape index (κ2) is 9.00. The van der Waals surface area contributed by atoms with E-state index < -0.39 is 6.04 Å². The smallest absolute Gasteiger partial charge is 0.255 e. The van der Waals surface area contributed by atoms with Crippen molar-refractivity contribution in [3.63, 3.8) is 0 Å². The Hall–Kier alpha value is -3.02. The summed E-state index contributed by atoms with van der Waals surface area (Å²) in [6, 6.07) is 15.2. The van der Waals surface area contributed by atoms with Crippen molar-refractivity contribution >= 4 is 17.5 Å². The van der Waals surface area contributed by atoms with Gasteiger partial charge in [0.05, 0.1) is 12.8 Å². The van der Waals surface area contributed by atoms with Crippen LogP contribution in [0.4, 0.5) is 5.69 Å². The van der Waals surface area contributed by atoms with Crippen LogP contribution in [0.1, 0.15) is 36.2 Å². The SMILES string of the molecule is COc1ccccc1N1CCN(C(=O)C(CC(C)C)N2Cc3ccccc3C2=O)CC1. The van der Waals surface area contributed by atoms with Crippen molar-refractivity contribution in [3.05, 3.63) is 59.7 Å². The van der Waals surface area contributed by atoms with Crippen molar-refractivity contribution in [2.24, 2.45) is 5.92 Å². The van der Waals surface area contributed by atoms with Crippen LogP contribution in [0, 0.1) is 5.92 Å². The molecule has 2 aliphatic heterocycles. The highest BCUT2D eigenvalue weighted by atomic mass is 16.5. The summed E-state index contributed by atoms with van der Waals surface area (Å²) in [7, 11) is 1.68. The van der Waals surface area contributed by atoms with Crippen LogP contribution in [0.25, 0.3) is 0 Å². The van der Waals surface area contributed by atoms with Crippen molar-refractivity contribution < 1.29 is 14.3 Å². The molecule has 0 radical (unpaired) electrons. The number of ether oxygens (including phenoxy) is 1. The molecule has 1 atom stereocenters. The molecule has 0 aromatic heterocycles. The Morgan fingerprint density at radius 2 is 1.68 bits per heavy atom. The molecule has 4 rings (SSSR count). The molecule has 1 fully saturated rings. The average Bonchev–Trinajstić information content (AvgIpc) is 3.13. The van der Waals surface area contributed by atoms with Gasteiger partial charge in [0, 0.05) is 38.3 Å². The molecule has 0 bridgehead atoms. The molecule has 2 aromatic rings. The van der Waals surface area contributed by atoms with Gasteiger partial charge < -0.3 is 19.4 Å². The molecule has 2 aromatic carbocycles. The van der Waals surface area contributed by atoms with Gasteiger partial charge in [0.15, 0.2) is 0 Å². The van der Waals surface area contributed by atoms with Crippen LogP contribution < -0.4 is 9.64 Å². The van der Waals surface area contributed by atoms with Crippen LogP contribution in [0.3, 0.4) is 0 Å². The summed E-state index contributed by atoms with van der Waals surface area (Å²) < 4.78 is 5.50. The number of anilines is 1. The predicted molar refractivity (Wildman–Crippen MR) is 121 cm³/mol. The minimum atomic E-state index is -0.419. The zero-order valence-electron chi connectivity index (χ0n) is 18.6. The Kier molecular flexibility index (Phi) is 6.16. The van der Waals surface area contributed by atoms with Gasteiger partial charge in [0.2, 0.25) is 5.91 Å². The number of amides is 2. The maximum absolute atomic E-state index is 13.6. The Morgan fingerprint density at radius 1 is 1.00 bits per heavy atom. The van der Waals surface area contributed by atoms with Crippen LogP contribution in [0.15, 0.2) is 48.5 Å². The highest BCUT2D eigenvalue weighted by molar-refractivity contribution is 6.01. The largest absolute Gasteiger partial charge is 0.495 e. The monoisotopic (exact) mass is 421 g/mol. The molecule has 1 unspecified atom stereocenters. The second-order valence-electron chi connectivity index (χ2n) is 8.72. The predicted octanol–water partition coefficient (Wildman–Crippen LogP) is 3.41. The summed E-state index contributed by atoms with van der Waals surface area (Å²) >= 11 is 0. The third-order valence-electron chi connectivity index (χ3n) is 6.22. The van der Waals surface area contributed by atoms with Crippen LogP contribution in [0.2, 0.25) is 0 Å². The molecule has 6 heteroatoms. The normalized spacial score (nSPS) is 17.2. The molecular formula is C25H31N3O3. The van der Waals surface area contributed by atoms with Crippen LogP contribution in [0.5, 0.6) is 5.75 Å². The van der Waals surface area contributed by atoms with Gasteiger partial charge in [-0.3, -0.25) is 9.59 Å². The van der Waals surface area contributed by atoms with Crippen molar-refractivity contribution in [1.82, 2.24) is 9.80 Å². The average molecular weight is 422 g/mol. The first kappa shape index (κ1) is 21.2. The molecular weight excluding hydrogens is 390 g/mol. The summed E-state index contributed by atoms with van der Waals surface area (Å²) in [4.78, 5) is 32.6. The topological polar surface area (TPSA) is 53.1 Å². The first-order chi connectivity index (χ1) is 15.0. The van der Waals surface area contributed by atoms with E-state index in [1.165, 1.54) is 0 Å². The van der Waals surface area contributed by atoms with Crippen molar-refractivity contribution in [2.45, 2.75) is 32.9 Å². The third kappa shape index (κ3) is 4.24. The number of rotatable bonds is 6. The number of hydrogen-bond acceptors (Lipinski definition) is 4. The van der Waals surface area contributed by atoms with E-state index in [9.17, 15) is 9.59 Å². The molecule has 2 aliphatic rings. The second-order valence-corrected chi connectivity index (χ2v) is 8.72. The lowest BCUT2D eigenvalue weighted by Gasteiger charge is -2.39. The Morgan fingerprint density at radius 3 is 2.35 bits per heavy atom. The first-order valence-corrected chi connectivity index (χ1v) is 11.0. The molecule has 2 heterocycles. The summed E-state index contributed by atoms with van der Waals surface area (Å²) in [6.45, 7) is 7.49. The van der Waals surface area contributed by atoms with Gasteiger partial charge in [-0.1, -0.05) is 44.2 Å². The van der Waals surface area contributed by atoms with Gasteiger partial charge in [0.1, 0.15) is 11.8 Å². The van der Waals surface area contributed by atoms with Crippen LogP contribution >= 0.6 is 0 Å². The number of carbonyl (C=O) groups excluding carboxylic acids is 2. The number of nitrogens with zero attached hydrogens (tertiary/aromatic N) is 3. The fourth-order valence-corrected chi connectivity index (χ4v) is 4.61. The minimum Gasteiger partial charge on any atom is -0.495 e. The lowest BCUT2D eigenvalue weighted by molar-refractivity contribution is -0.137. The molecule has 164 valence electrons. The van der Waals surface area contributed by atoms with Gasteiger partial charge in [-0.2, -0.15) is 0 Å². The van der Waals surface area contributed by atoms with Crippen LogP contribution in [-0.4, -0.2) is 60.9 Å². The van der Waals surface area contributed by atoms with Crippen LogP contribution in [-0.2, 0) is 11.3 Å². The molecule has 0 saturated carbocycles. The molecule has 0 aliphatic carbocycles. The minimum absolute atomic E-state index is 0.0257. The van der Waals surface area contributed by atoms with Crippen molar-refractivity contribution in [2.75, 3.05) is 38.2 Å². The number of methoxy groups -OCH3 is 1. The van der Waals surface area contributed by atoms with E-state index in [1.807, 2.05) is 47.4 Å². The number of benzene rings is 2. The van der Waals surface area contributed by atoms with E-state index in [1.54, 1.807) is 12.0 Å².